The molecule has 1 fully saturated rings. The van der Waals surface area contributed by atoms with Crippen molar-refractivity contribution in [1.82, 2.24) is 10.6 Å². The van der Waals surface area contributed by atoms with Crippen molar-refractivity contribution >= 4 is 23.2 Å². The van der Waals surface area contributed by atoms with Crippen LogP contribution in [0.2, 0.25) is 5.02 Å². The molecule has 2 N–H and O–H groups in total. The van der Waals surface area contributed by atoms with E-state index in [4.69, 9.17) is 25.8 Å². The first-order valence-electron chi connectivity index (χ1n) is 10.4. The van der Waals surface area contributed by atoms with Crippen LogP contribution in [0.4, 0.5) is 5.69 Å². The molecule has 1 unspecified atom stereocenters. The molecule has 1 heterocycles. The normalized spacial score (nSPS) is 16.3. The van der Waals surface area contributed by atoms with Crippen LogP contribution in [0.3, 0.4) is 0 Å². The van der Waals surface area contributed by atoms with Crippen LogP contribution in [-0.4, -0.2) is 59.6 Å². The van der Waals surface area contributed by atoms with Gasteiger partial charge in [-0.15, -0.1) is 0 Å². The predicted octanol–water partition coefficient (Wildman–Crippen LogP) is 3.32. The van der Waals surface area contributed by atoms with Gasteiger partial charge in [-0.1, -0.05) is 23.7 Å². The molecule has 0 aliphatic carbocycles. The van der Waals surface area contributed by atoms with E-state index in [9.17, 15) is 0 Å². The smallest absolute Gasteiger partial charge is 0.191 e. The molecule has 0 amide bonds. The maximum Gasteiger partial charge on any atom is 0.191 e. The Labute approximate surface area is 189 Å². The number of benzene rings is 2. The quantitative estimate of drug-likeness (QED) is 0.350. The van der Waals surface area contributed by atoms with Crippen molar-refractivity contribution in [2.45, 2.75) is 19.0 Å². The third kappa shape index (κ3) is 6.67. The minimum atomic E-state index is 0.284. The number of hydrogen-bond acceptors (Lipinski definition) is 5. The highest BCUT2D eigenvalue weighted by molar-refractivity contribution is 6.30. The Kier molecular flexibility index (Phi) is 8.67. The summed E-state index contributed by atoms with van der Waals surface area (Å²) in [6.45, 7) is 3.58. The second-order valence-corrected chi connectivity index (χ2v) is 7.74. The number of nitrogens with zero attached hydrogens (tertiary/aromatic N) is 2. The first-order chi connectivity index (χ1) is 15.1. The molecule has 1 atom stereocenters. The molecule has 31 heavy (non-hydrogen) atoms. The van der Waals surface area contributed by atoms with E-state index in [0.717, 1.165) is 48.2 Å². The monoisotopic (exact) mass is 446 g/mol. The van der Waals surface area contributed by atoms with E-state index in [0.29, 0.717) is 24.8 Å². The molecule has 0 bridgehead atoms. The number of guanidine groups is 1. The molecule has 0 saturated carbocycles. The number of hydrogen-bond donors (Lipinski definition) is 2. The van der Waals surface area contributed by atoms with Crippen molar-refractivity contribution in [3.05, 3.63) is 53.1 Å². The van der Waals surface area contributed by atoms with Crippen LogP contribution in [0.15, 0.2) is 47.5 Å². The third-order valence-corrected chi connectivity index (χ3v) is 5.41. The van der Waals surface area contributed by atoms with Gasteiger partial charge in [-0.05, 0) is 42.3 Å². The molecule has 2 aromatic carbocycles. The van der Waals surface area contributed by atoms with E-state index in [1.165, 1.54) is 0 Å². The Morgan fingerprint density at radius 1 is 1.16 bits per heavy atom. The molecule has 0 aromatic heterocycles. The Balaban J connectivity index is 1.49. The van der Waals surface area contributed by atoms with Crippen molar-refractivity contribution in [1.29, 1.82) is 0 Å². The van der Waals surface area contributed by atoms with E-state index in [-0.39, 0.29) is 6.04 Å². The average Bonchev–Trinajstić information content (AvgIpc) is 3.26. The molecule has 0 radical (unpaired) electrons. The maximum absolute atomic E-state index is 6.20. The van der Waals surface area contributed by atoms with Gasteiger partial charge in [0.05, 0.1) is 19.4 Å². The highest BCUT2D eigenvalue weighted by Crippen LogP contribution is 2.33. The lowest BCUT2D eigenvalue weighted by molar-refractivity contribution is 0.146. The van der Waals surface area contributed by atoms with E-state index < -0.39 is 0 Å². The average molecular weight is 447 g/mol. The highest BCUT2D eigenvalue weighted by atomic mass is 35.5. The zero-order valence-electron chi connectivity index (χ0n) is 18.4. The van der Waals surface area contributed by atoms with Crippen molar-refractivity contribution < 1.29 is 14.2 Å². The molecule has 1 saturated heterocycles. The van der Waals surface area contributed by atoms with E-state index in [1.807, 2.05) is 42.5 Å². The summed E-state index contributed by atoms with van der Waals surface area (Å²) in [6, 6.07) is 14.0. The molecule has 3 rings (SSSR count). The lowest BCUT2D eigenvalue weighted by Crippen LogP contribution is -2.44. The molecule has 2 aromatic rings. The van der Waals surface area contributed by atoms with Crippen LogP contribution in [0.1, 0.15) is 12.0 Å². The summed E-state index contributed by atoms with van der Waals surface area (Å²) in [5, 5.41) is 7.61. The van der Waals surface area contributed by atoms with Gasteiger partial charge in [-0.25, -0.2) is 0 Å². The molecule has 1 aliphatic rings. The number of nitrogens with one attached hydrogen (secondary N) is 2. The summed E-state index contributed by atoms with van der Waals surface area (Å²) < 4.78 is 16.1. The molecule has 7 nitrogen and oxygen atoms in total. The van der Waals surface area contributed by atoms with Gasteiger partial charge in [0, 0.05) is 44.9 Å². The number of methoxy groups -OCH3 is 2. The van der Waals surface area contributed by atoms with E-state index in [2.05, 4.69) is 20.5 Å². The van der Waals surface area contributed by atoms with Crippen molar-refractivity contribution in [3.63, 3.8) is 0 Å². The van der Waals surface area contributed by atoms with Gasteiger partial charge in [0.15, 0.2) is 5.96 Å². The van der Waals surface area contributed by atoms with Crippen LogP contribution >= 0.6 is 11.6 Å². The van der Waals surface area contributed by atoms with Crippen molar-refractivity contribution in [3.8, 4) is 11.5 Å². The van der Waals surface area contributed by atoms with Gasteiger partial charge in [0.25, 0.3) is 0 Å². The second kappa shape index (κ2) is 11.7. The standard InChI is InChI=1S/C23H31ClN4O3/c1-25-23(26-15-17-4-7-20(8-5-17)31-13-12-29-2)27-19-10-11-28(16-19)21-14-18(24)6-9-22(21)30-3/h4-9,14,19H,10-13,15-16H2,1-3H3,(H2,25,26,27). The number of ether oxygens (including phenoxy) is 3. The summed E-state index contributed by atoms with van der Waals surface area (Å²) >= 11 is 6.20. The number of aliphatic imine (C=N–C) groups is 1. The Morgan fingerprint density at radius 2 is 1.97 bits per heavy atom. The van der Waals surface area contributed by atoms with E-state index in [1.54, 1.807) is 21.3 Å². The van der Waals surface area contributed by atoms with Gasteiger partial charge in [0.2, 0.25) is 0 Å². The fraction of sp³-hybridized carbons (Fsp3) is 0.435. The maximum atomic E-state index is 6.20. The zero-order valence-corrected chi connectivity index (χ0v) is 19.1. The minimum absolute atomic E-state index is 0.284. The first kappa shape index (κ1) is 23.0. The summed E-state index contributed by atoms with van der Waals surface area (Å²) in [5.74, 6) is 2.46. The van der Waals surface area contributed by atoms with Crippen LogP contribution in [-0.2, 0) is 11.3 Å². The van der Waals surface area contributed by atoms with Gasteiger partial charge < -0.3 is 29.7 Å². The summed E-state index contributed by atoms with van der Waals surface area (Å²) in [4.78, 5) is 6.66. The fourth-order valence-electron chi connectivity index (χ4n) is 3.53. The predicted molar refractivity (Wildman–Crippen MR) is 126 cm³/mol. The molecule has 1 aliphatic heterocycles. The summed E-state index contributed by atoms with van der Waals surface area (Å²) in [6.07, 6.45) is 1.00. The largest absolute Gasteiger partial charge is 0.495 e. The third-order valence-electron chi connectivity index (χ3n) is 5.17. The minimum Gasteiger partial charge on any atom is -0.495 e. The molecule has 8 heteroatoms. The van der Waals surface area contributed by atoms with Crippen LogP contribution < -0.4 is 25.0 Å². The van der Waals surface area contributed by atoms with Gasteiger partial charge in [-0.2, -0.15) is 0 Å². The molecular formula is C23H31ClN4O3. The number of halogens is 1. The van der Waals surface area contributed by atoms with Gasteiger partial charge >= 0.3 is 0 Å². The van der Waals surface area contributed by atoms with E-state index >= 15 is 0 Å². The van der Waals surface area contributed by atoms with Crippen molar-refractivity contribution in [2.75, 3.05) is 52.5 Å². The van der Waals surface area contributed by atoms with Crippen molar-refractivity contribution in [2.24, 2.45) is 4.99 Å². The Bertz CT molecular complexity index is 860. The van der Waals surface area contributed by atoms with Crippen LogP contribution in [0.5, 0.6) is 11.5 Å². The second-order valence-electron chi connectivity index (χ2n) is 7.30. The van der Waals surface area contributed by atoms with Crippen LogP contribution in [0.25, 0.3) is 0 Å². The topological polar surface area (TPSA) is 67.4 Å². The molecular weight excluding hydrogens is 416 g/mol. The Hall–Kier alpha value is -2.64. The first-order valence-corrected chi connectivity index (χ1v) is 10.8. The zero-order chi connectivity index (χ0) is 22.1. The lowest BCUT2D eigenvalue weighted by atomic mass is 10.2. The Morgan fingerprint density at radius 3 is 2.68 bits per heavy atom. The summed E-state index contributed by atoms with van der Waals surface area (Å²) in [5.41, 5.74) is 2.17. The number of anilines is 1. The fourth-order valence-corrected chi connectivity index (χ4v) is 3.69. The lowest BCUT2D eigenvalue weighted by Gasteiger charge is -2.22. The van der Waals surface area contributed by atoms with Crippen LogP contribution in [0, 0.1) is 0 Å². The molecule has 168 valence electrons. The van der Waals surface area contributed by atoms with Gasteiger partial charge in [0.1, 0.15) is 18.1 Å². The number of rotatable bonds is 9. The SMILES string of the molecule is CN=C(NCc1ccc(OCCOC)cc1)NC1CCN(c2cc(Cl)ccc2OC)C1. The van der Waals surface area contributed by atoms with Gasteiger partial charge in [-0.3, -0.25) is 4.99 Å². The highest BCUT2D eigenvalue weighted by Gasteiger charge is 2.25. The molecule has 0 spiro atoms. The summed E-state index contributed by atoms with van der Waals surface area (Å²) in [7, 11) is 5.13.